The molecule has 1 heterocycles. The van der Waals surface area contributed by atoms with E-state index in [0.29, 0.717) is 18.4 Å². The standard InChI is InChI=1S/C15H21N3O/c16-14-11-5-4-10(9-11)13(14)15(19)18-8-6-12-3-1-2-7-17-12/h1-3,7,10-11,13-14H,4-6,8-9,16H2,(H,18,19). The monoisotopic (exact) mass is 259 g/mol. The number of amides is 1. The minimum absolute atomic E-state index is 0.0440. The van der Waals surface area contributed by atoms with Crippen molar-refractivity contribution in [3.63, 3.8) is 0 Å². The van der Waals surface area contributed by atoms with Gasteiger partial charge in [0.05, 0.1) is 5.92 Å². The minimum Gasteiger partial charge on any atom is -0.355 e. The number of rotatable bonds is 4. The third-order valence-corrected chi connectivity index (χ3v) is 4.69. The average Bonchev–Trinajstić information content (AvgIpc) is 3.00. The normalized spacial score (nSPS) is 32.5. The lowest BCUT2D eigenvalue weighted by Crippen LogP contribution is -2.45. The van der Waals surface area contributed by atoms with Crippen molar-refractivity contribution in [1.29, 1.82) is 0 Å². The molecule has 2 bridgehead atoms. The van der Waals surface area contributed by atoms with Crippen LogP contribution in [0.25, 0.3) is 0 Å². The third-order valence-electron chi connectivity index (χ3n) is 4.69. The lowest BCUT2D eigenvalue weighted by Gasteiger charge is -2.26. The first-order valence-corrected chi connectivity index (χ1v) is 7.19. The fraction of sp³-hybridized carbons (Fsp3) is 0.600. The molecule has 4 atom stereocenters. The van der Waals surface area contributed by atoms with Crippen LogP contribution in [0.3, 0.4) is 0 Å². The molecule has 3 rings (SSSR count). The summed E-state index contributed by atoms with van der Waals surface area (Å²) in [6, 6.07) is 5.93. The molecule has 0 radical (unpaired) electrons. The maximum Gasteiger partial charge on any atom is 0.224 e. The van der Waals surface area contributed by atoms with E-state index in [2.05, 4.69) is 10.3 Å². The van der Waals surface area contributed by atoms with Crippen LogP contribution in [0.1, 0.15) is 25.0 Å². The number of carbonyl (C=O) groups is 1. The van der Waals surface area contributed by atoms with Gasteiger partial charge in [-0.15, -0.1) is 0 Å². The molecule has 2 saturated carbocycles. The molecule has 3 N–H and O–H groups in total. The van der Waals surface area contributed by atoms with Gasteiger partial charge >= 0.3 is 0 Å². The largest absolute Gasteiger partial charge is 0.355 e. The van der Waals surface area contributed by atoms with Gasteiger partial charge in [-0.2, -0.15) is 0 Å². The lowest BCUT2D eigenvalue weighted by atomic mass is 9.84. The summed E-state index contributed by atoms with van der Waals surface area (Å²) in [6.07, 6.45) is 6.10. The van der Waals surface area contributed by atoms with E-state index in [1.165, 1.54) is 12.8 Å². The second-order valence-corrected chi connectivity index (χ2v) is 5.80. The number of fused-ring (bicyclic) bond motifs is 2. The average molecular weight is 259 g/mol. The van der Waals surface area contributed by atoms with E-state index in [1.807, 2.05) is 18.2 Å². The Hall–Kier alpha value is -1.42. The van der Waals surface area contributed by atoms with Gasteiger partial charge in [0.25, 0.3) is 0 Å². The Morgan fingerprint density at radius 1 is 1.37 bits per heavy atom. The molecule has 0 aliphatic heterocycles. The first kappa shape index (κ1) is 12.6. The predicted octanol–water partition coefficient (Wildman–Crippen LogP) is 1.11. The number of pyridine rings is 1. The van der Waals surface area contributed by atoms with Crippen molar-refractivity contribution in [2.45, 2.75) is 31.7 Å². The van der Waals surface area contributed by atoms with Crippen LogP contribution < -0.4 is 11.1 Å². The van der Waals surface area contributed by atoms with E-state index in [4.69, 9.17) is 5.73 Å². The quantitative estimate of drug-likeness (QED) is 0.851. The zero-order chi connectivity index (χ0) is 13.2. The molecular formula is C15H21N3O. The van der Waals surface area contributed by atoms with Crippen LogP contribution in [0, 0.1) is 17.8 Å². The summed E-state index contributed by atoms with van der Waals surface area (Å²) in [5, 5.41) is 3.03. The Morgan fingerprint density at radius 2 is 2.21 bits per heavy atom. The van der Waals surface area contributed by atoms with Gasteiger partial charge in [0.1, 0.15) is 0 Å². The molecule has 2 aliphatic rings. The lowest BCUT2D eigenvalue weighted by molar-refractivity contribution is -0.127. The number of nitrogens with one attached hydrogen (secondary N) is 1. The van der Waals surface area contributed by atoms with Crippen LogP contribution in [0.4, 0.5) is 0 Å². The molecule has 2 fully saturated rings. The molecule has 1 aromatic heterocycles. The molecular weight excluding hydrogens is 238 g/mol. The van der Waals surface area contributed by atoms with E-state index in [0.717, 1.165) is 18.5 Å². The molecule has 1 amide bonds. The molecule has 19 heavy (non-hydrogen) atoms. The number of aromatic nitrogens is 1. The van der Waals surface area contributed by atoms with Crippen molar-refractivity contribution < 1.29 is 4.79 Å². The third kappa shape index (κ3) is 2.50. The number of carbonyl (C=O) groups excluding carboxylic acids is 1. The van der Waals surface area contributed by atoms with E-state index < -0.39 is 0 Å². The van der Waals surface area contributed by atoms with E-state index in [9.17, 15) is 4.79 Å². The molecule has 4 nitrogen and oxygen atoms in total. The number of nitrogens with two attached hydrogens (primary N) is 1. The minimum atomic E-state index is 0.0440. The maximum absolute atomic E-state index is 12.2. The van der Waals surface area contributed by atoms with Gasteiger partial charge in [0.15, 0.2) is 0 Å². The van der Waals surface area contributed by atoms with Crippen LogP contribution in [-0.2, 0) is 11.2 Å². The molecule has 4 heteroatoms. The van der Waals surface area contributed by atoms with Crippen LogP contribution in [-0.4, -0.2) is 23.5 Å². The number of nitrogens with zero attached hydrogens (tertiary/aromatic N) is 1. The topological polar surface area (TPSA) is 68.0 Å². The number of hydrogen-bond donors (Lipinski definition) is 2. The van der Waals surface area contributed by atoms with E-state index >= 15 is 0 Å². The van der Waals surface area contributed by atoms with E-state index in [-0.39, 0.29) is 17.9 Å². The van der Waals surface area contributed by atoms with Crippen molar-refractivity contribution in [1.82, 2.24) is 10.3 Å². The van der Waals surface area contributed by atoms with Crippen LogP contribution >= 0.6 is 0 Å². The fourth-order valence-electron chi connectivity index (χ4n) is 3.70. The second kappa shape index (κ2) is 5.29. The van der Waals surface area contributed by atoms with E-state index in [1.54, 1.807) is 6.20 Å². The summed E-state index contributed by atoms with van der Waals surface area (Å²) in [4.78, 5) is 16.5. The summed E-state index contributed by atoms with van der Waals surface area (Å²) < 4.78 is 0. The molecule has 0 spiro atoms. The van der Waals surface area contributed by atoms with Crippen LogP contribution in [0.15, 0.2) is 24.4 Å². The second-order valence-electron chi connectivity index (χ2n) is 5.80. The summed E-state index contributed by atoms with van der Waals surface area (Å²) in [7, 11) is 0. The maximum atomic E-state index is 12.2. The summed E-state index contributed by atoms with van der Waals surface area (Å²) in [5.74, 6) is 1.30. The summed E-state index contributed by atoms with van der Waals surface area (Å²) in [5.41, 5.74) is 7.19. The van der Waals surface area contributed by atoms with Gasteiger partial charge in [0.2, 0.25) is 5.91 Å². The van der Waals surface area contributed by atoms with Crippen molar-refractivity contribution in [3.8, 4) is 0 Å². The van der Waals surface area contributed by atoms with Gasteiger partial charge in [-0.05, 0) is 43.2 Å². The zero-order valence-electron chi connectivity index (χ0n) is 11.1. The molecule has 0 aromatic carbocycles. The number of hydrogen-bond acceptors (Lipinski definition) is 3. The molecule has 0 saturated heterocycles. The highest BCUT2D eigenvalue weighted by atomic mass is 16.1. The Labute approximate surface area is 113 Å². The van der Waals surface area contributed by atoms with Crippen molar-refractivity contribution in [3.05, 3.63) is 30.1 Å². The van der Waals surface area contributed by atoms with Gasteiger partial charge < -0.3 is 11.1 Å². The van der Waals surface area contributed by atoms with Gasteiger partial charge in [-0.3, -0.25) is 9.78 Å². The van der Waals surface area contributed by atoms with Gasteiger partial charge in [0, 0.05) is 30.9 Å². The Morgan fingerprint density at radius 3 is 2.89 bits per heavy atom. The highest BCUT2D eigenvalue weighted by Gasteiger charge is 2.48. The molecule has 4 unspecified atom stereocenters. The predicted molar refractivity (Wildman–Crippen MR) is 73.2 cm³/mol. The van der Waals surface area contributed by atoms with Crippen molar-refractivity contribution in [2.24, 2.45) is 23.5 Å². The highest BCUT2D eigenvalue weighted by molar-refractivity contribution is 5.80. The van der Waals surface area contributed by atoms with Crippen LogP contribution in [0.5, 0.6) is 0 Å². The summed E-state index contributed by atoms with van der Waals surface area (Å²) >= 11 is 0. The first-order chi connectivity index (χ1) is 9.25. The van der Waals surface area contributed by atoms with Crippen molar-refractivity contribution in [2.75, 3.05) is 6.54 Å². The Balaban J connectivity index is 1.49. The van der Waals surface area contributed by atoms with Crippen LogP contribution in [0.2, 0.25) is 0 Å². The highest BCUT2D eigenvalue weighted by Crippen LogP contribution is 2.47. The molecule has 1 aromatic rings. The molecule has 102 valence electrons. The van der Waals surface area contributed by atoms with Gasteiger partial charge in [-0.1, -0.05) is 6.07 Å². The molecule has 2 aliphatic carbocycles. The first-order valence-electron chi connectivity index (χ1n) is 7.19. The Bertz CT molecular complexity index is 446. The van der Waals surface area contributed by atoms with Crippen molar-refractivity contribution >= 4 is 5.91 Å². The fourth-order valence-corrected chi connectivity index (χ4v) is 3.70. The zero-order valence-corrected chi connectivity index (χ0v) is 11.1. The van der Waals surface area contributed by atoms with Gasteiger partial charge in [-0.25, -0.2) is 0 Å². The Kier molecular flexibility index (Phi) is 3.51. The smallest absolute Gasteiger partial charge is 0.224 e. The SMILES string of the molecule is NC1C2CCC(C2)C1C(=O)NCCc1ccccn1. The summed E-state index contributed by atoms with van der Waals surface area (Å²) in [6.45, 7) is 0.649.